The maximum atomic E-state index is 13.8. The maximum Gasteiger partial charge on any atom is 0.272 e. The van der Waals surface area contributed by atoms with Gasteiger partial charge < -0.3 is 5.32 Å². The van der Waals surface area contributed by atoms with Crippen LogP contribution in [0.15, 0.2) is 23.1 Å². The lowest BCUT2D eigenvalue weighted by Gasteiger charge is -2.34. The lowest BCUT2D eigenvalue weighted by Crippen LogP contribution is -2.52. The van der Waals surface area contributed by atoms with E-state index < -0.39 is 36.9 Å². The Balaban J connectivity index is 2.29. The molecule has 9 heteroatoms. The molecule has 1 fully saturated rings. The van der Waals surface area contributed by atoms with E-state index in [4.69, 9.17) is 0 Å². The van der Waals surface area contributed by atoms with E-state index >= 15 is 0 Å². The molecule has 0 aromatic heterocycles. The smallest absolute Gasteiger partial charge is 0.272 e. The first kappa shape index (κ1) is 15.8. The molecule has 1 saturated heterocycles. The van der Waals surface area contributed by atoms with E-state index in [-0.39, 0.29) is 0 Å². The average molecular weight is 317 g/mol. The summed E-state index contributed by atoms with van der Waals surface area (Å²) in [7, 11) is -4.07. The third-order valence-electron chi connectivity index (χ3n) is 3.50. The summed E-state index contributed by atoms with van der Waals surface area (Å²) in [6.07, 6.45) is 1.17. The van der Waals surface area contributed by atoms with Crippen LogP contribution in [0.1, 0.15) is 19.8 Å². The zero-order valence-electron chi connectivity index (χ0n) is 11.4. The second-order valence-corrected chi connectivity index (χ2v) is 6.94. The van der Waals surface area contributed by atoms with Crippen molar-refractivity contribution in [2.24, 2.45) is 0 Å². The summed E-state index contributed by atoms with van der Waals surface area (Å²) in [5, 5.41) is 13.7. The highest BCUT2D eigenvalue weighted by Crippen LogP contribution is 2.24. The summed E-state index contributed by atoms with van der Waals surface area (Å²) in [6.45, 7) is 3.10. The van der Waals surface area contributed by atoms with Gasteiger partial charge in [0.2, 0.25) is 10.0 Å². The van der Waals surface area contributed by atoms with Crippen LogP contribution < -0.4 is 10.0 Å². The maximum absolute atomic E-state index is 13.8. The lowest BCUT2D eigenvalue weighted by atomic mass is 9.92. The van der Waals surface area contributed by atoms with E-state index in [0.29, 0.717) is 32.0 Å². The van der Waals surface area contributed by atoms with Crippen molar-refractivity contribution >= 4 is 15.7 Å². The Morgan fingerprint density at radius 2 is 2.00 bits per heavy atom. The van der Waals surface area contributed by atoms with E-state index in [2.05, 4.69) is 10.0 Å². The Hall–Kier alpha value is -1.58. The predicted octanol–water partition coefficient (Wildman–Crippen LogP) is 1.15. The number of rotatable bonds is 4. The Labute approximate surface area is 121 Å². The van der Waals surface area contributed by atoms with Crippen molar-refractivity contribution in [2.75, 3.05) is 13.1 Å². The fourth-order valence-corrected chi connectivity index (χ4v) is 3.81. The molecule has 0 spiro atoms. The van der Waals surface area contributed by atoms with Gasteiger partial charge in [-0.05, 0) is 38.9 Å². The number of piperidine rings is 1. The zero-order valence-corrected chi connectivity index (χ0v) is 12.2. The predicted molar refractivity (Wildman–Crippen MR) is 73.9 cm³/mol. The molecule has 1 aromatic carbocycles. The first-order valence-electron chi connectivity index (χ1n) is 6.42. The Morgan fingerprint density at radius 3 is 2.52 bits per heavy atom. The van der Waals surface area contributed by atoms with Gasteiger partial charge in [-0.25, -0.2) is 17.5 Å². The van der Waals surface area contributed by atoms with Crippen molar-refractivity contribution in [3.63, 3.8) is 0 Å². The number of nitro benzene ring substituents is 1. The van der Waals surface area contributed by atoms with Crippen LogP contribution in [0, 0.1) is 15.9 Å². The van der Waals surface area contributed by atoms with Crippen LogP contribution in [0.3, 0.4) is 0 Å². The molecule has 0 atom stereocenters. The number of hydrogen-bond donors (Lipinski definition) is 2. The van der Waals surface area contributed by atoms with Gasteiger partial charge in [0.25, 0.3) is 5.69 Å². The van der Waals surface area contributed by atoms with Gasteiger partial charge in [0.05, 0.1) is 11.0 Å². The van der Waals surface area contributed by atoms with Crippen LogP contribution in [0.25, 0.3) is 0 Å². The largest absolute Gasteiger partial charge is 0.317 e. The van der Waals surface area contributed by atoms with Crippen LogP contribution in [0.2, 0.25) is 0 Å². The molecule has 0 unspecified atom stereocenters. The van der Waals surface area contributed by atoms with Crippen molar-refractivity contribution < 1.29 is 17.7 Å². The number of nitrogens with one attached hydrogen (secondary N) is 2. The Morgan fingerprint density at radius 1 is 1.38 bits per heavy atom. The van der Waals surface area contributed by atoms with Crippen LogP contribution in [-0.4, -0.2) is 32.0 Å². The molecule has 2 rings (SSSR count). The van der Waals surface area contributed by atoms with Gasteiger partial charge in [0.1, 0.15) is 10.7 Å². The fourth-order valence-electron chi connectivity index (χ4n) is 2.28. The van der Waals surface area contributed by atoms with Crippen molar-refractivity contribution in [3.8, 4) is 0 Å². The van der Waals surface area contributed by atoms with Gasteiger partial charge in [0.15, 0.2) is 0 Å². The Bertz CT molecular complexity index is 656. The third kappa shape index (κ3) is 3.55. The molecule has 1 heterocycles. The summed E-state index contributed by atoms with van der Waals surface area (Å²) >= 11 is 0. The quantitative estimate of drug-likeness (QED) is 0.641. The molecule has 0 amide bonds. The third-order valence-corrected chi connectivity index (χ3v) is 5.18. The van der Waals surface area contributed by atoms with Gasteiger partial charge >= 0.3 is 0 Å². The number of halogens is 1. The van der Waals surface area contributed by atoms with Crippen molar-refractivity contribution in [1.82, 2.24) is 10.0 Å². The van der Waals surface area contributed by atoms with Crippen LogP contribution >= 0.6 is 0 Å². The zero-order chi connectivity index (χ0) is 15.7. The van der Waals surface area contributed by atoms with E-state index in [1.165, 1.54) is 0 Å². The highest BCUT2D eigenvalue weighted by atomic mass is 32.2. The van der Waals surface area contributed by atoms with Crippen LogP contribution in [-0.2, 0) is 10.0 Å². The van der Waals surface area contributed by atoms with Crippen molar-refractivity contribution in [2.45, 2.75) is 30.2 Å². The van der Waals surface area contributed by atoms with Crippen LogP contribution in [0.4, 0.5) is 10.1 Å². The molecule has 0 saturated carbocycles. The first-order chi connectivity index (χ1) is 9.73. The SMILES string of the molecule is CC1(NS(=O)(=O)c2ccc([N+](=O)[O-])cc2F)CCNCC1. The molecular weight excluding hydrogens is 301 g/mol. The van der Waals surface area contributed by atoms with E-state index in [1.54, 1.807) is 6.92 Å². The van der Waals surface area contributed by atoms with E-state index in [0.717, 1.165) is 12.1 Å². The highest BCUT2D eigenvalue weighted by Gasteiger charge is 2.33. The second-order valence-electron chi connectivity index (χ2n) is 5.29. The number of nitro groups is 1. The molecule has 21 heavy (non-hydrogen) atoms. The molecule has 0 bridgehead atoms. The summed E-state index contributed by atoms with van der Waals surface area (Å²) in [6, 6.07) is 2.50. The molecular formula is C12H16FN3O4S. The molecule has 2 N–H and O–H groups in total. The molecule has 1 aromatic rings. The minimum absolute atomic E-state index is 0.487. The number of sulfonamides is 1. The lowest BCUT2D eigenvalue weighted by molar-refractivity contribution is -0.385. The van der Waals surface area contributed by atoms with Crippen molar-refractivity contribution in [1.29, 1.82) is 0 Å². The minimum atomic E-state index is -4.07. The first-order valence-corrected chi connectivity index (χ1v) is 7.90. The summed E-state index contributed by atoms with van der Waals surface area (Å²) in [5.41, 5.74) is -1.14. The van der Waals surface area contributed by atoms with Gasteiger partial charge in [-0.15, -0.1) is 0 Å². The highest BCUT2D eigenvalue weighted by molar-refractivity contribution is 7.89. The van der Waals surface area contributed by atoms with Gasteiger partial charge in [-0.1, -0.05) is 0 Å². The monoisotopic (exact) mass is 317 g/mol. The van der Waals surface area contributed by atoms with Crippen molar-refractivity contribution in [3.05, 3.63) is 34.1 Å². The number of nitrogens with zero attached hydrogens (tertiary/aromatic N) is 1. The number of benzene rings is 1. The molecule has 1 aliphatic rings. The minimum Gasteiger partial charge on any atom is -0.317 e. The van der Waals surface area contributed by atoms with Crippen LogP contribution in [0.5, 0.6) is 0 Å². The summed E-state index contributed by atoms with van der Waals surface area (Å²) < 4.78 is 40.9. The van der Waals surface area contributed by atoms with E-state index in [9.17, 15) is 22.9 Å². The average Bonchev–Trinajstić information content (AvgIpc) is 2.37. The molecule has 0 radical (unpaired) electrons. The number of non-ortho nitro benzene ring substituents is 1. The topological polar surface area (TPSA) is 101 Å². The van der Waals surface area contributed by atoms with Gasteiger partial charge in [-0.3, -0.25) is 10.1 Å². The van der Waals surface area contributed by atoms with E-state index in [1.807, 2.05) is 0 Å². The summed E-state index contributed by atoms with van der Waals surface area (Å²) in [4.78, 5) is 9.20. The van der Waals surface area contributed by atoms with Gasteiger partial charge in [-0.2, -0.15) is 0 Å². The molecule has 1 aliphatic heterocycles. The molecule has 0 aliphatic carbocycles. The Kier molecular flexibility index (Phi) is 4.26. The second kappa shape index (κ2) is 5.66. The molecule has 116 valence electrons. The molecule has 7 nitrogen and oxygen atoms in total. The standard InChI is InChI=1S/C12H16FN3O4S/c1-12(4-6-14-7-5-12)15-21(19,20)11-3-2-9(16(17)18)8-10(11)13/h2-3,8,14-15H,4-7H2,1H3. The van der Waals surface area contributed by atoms with Gasteiger partial charge in [0, 0.05) is 11.6 Å². The normalized spacial score (nSPS) is 18.4. The summed E-state index contributed by atoms with van der Waals surface area (Å²) in [5.74, 6) is -1.13. The number of hydrogen-bond acceptors (Lipinski definition) is 5. The fraction of sp³-hybridized carbons (Fsp3) is 0.500.